The van der Waals surface area contributed by atoms with Crippen LogP contribution in [0.25, 0.3) is 0 Å². The third-order valence-corrected chi connectivity index (χ3v) is 8.15. The highest BCUT2D eigenvalue weighted by atomic mass is 16.6. The third kappa shape index (κ3) is 12.9. The van der Waals surface area contributed by atoms with E-state index < -0.39 is 47.6 Å². The Morgan fingerprint density at radius 2 is 1.41 bits per heavy atom. The van der Waals surface area contributed by atoms with Crippen LogP contribution in [0.15, 0.2) is 54.6 Å². The van der Waals surface area contributed by atoms with Gasteiger partial charge < -0.3 is 25.4 Å². The minimum absolute atomic E-state index is 0.100. The summed E-state index contributed by atoms with van der Waals surface area (Å²) in [5.74, 6) is -1.08. The van der Waals surface area contributed by atoms with Crippen LogP contribution in [-0.2, 0) is 36.9 Å². The van der Waals surface area contributed by atoms with E-state index in [1.165, 1.54) is 0 Å². The van der Waals surface area contributed by atoms with Crippen LogP contribution in [0.5, 0.6) is 0 Å². The van der Waals surface area contributed by atoms with E-state index in [4.69, 9.17) is 9.47 Å². The molecule has 1 fully saturated rings. The van der Waals surface area contributed by atoms with Gasteiger partial charge in [-0.15, -0.1) is 0 Å². The normalized spacial score (nSPS) is 15.7. The number of hydrogen-bond acceptors (Lipinski definition) is 6. The number of carbonyl (C=O) groups is 4. The molecule has 0 saturated heterocycles. The van der Waals surface area contributed by atoms with Crippen molar-refractivity contribution in [2.75, 3.05) is 0 Å². The fourth-order valence-electron chi connectivity index (χ4n) is 5.77. The Balaban J connectivity index is 1.81. The van der Waals surface area contributed by atoms with Crippen molar-refractivity contribution in [1.29, 1.82) is 0 Å². The average Bonchev–Trinajstić information content (AvgIpc) is 2.99. The molecular weight excluding hydrogens is 582 g/mol. The second-order valence-corrected chi connectivity index (χ2v) is 13.9. The largest absolute Gasteiger partial charge is 0.459 e. The summed E-state index contributed by atoms with van der Waals surface area (Å²) >= 11 is 0. The van der Waals surface area contributed by atoms with Crippen molar-refractivity contribution in [3.63, 3.8) is 0 Å². The lowest BCUT2D eigenvalue weighted by atomic mass is 9.84. The number of alkyl carbamates (subject to hydrolysis) is 1. The zero-order valence-corrected chi connectivity index (χ0v) is 28.4. The molecule has 9 nitrogen and oxygen atoms in total. The van der Waals surface area contributed by atoms with Gasteiger partial charge in [-0.2, -0.15) is 0 Å². The lowest BCUT2D eigenvalue weighted by Crippen LogP contribution is -2.57. The van der Waals surface area contributed by atoms with E-state index in [-0.39, 0.29) is 24.9 Å². The molecule has 0 heterocycles. The quantitative estimate of drug-likeness (QED) is 0.214. The molecule has 3 atom stereocenters. The minimum atomic E-state index is -0.986. The fraction of sp³-hybridized carbons (Fsp3) is 0.568. The van der Waals surface area contributed by atoms with Gasteiger partial charge in [0.05, 0.1) is 0 Å². The second kappa shape index (κ2) is 17.7. The van der Waals surface area contributed by atoms with Gasteiger partial charge in [0.2, 0.25) is 11.8 Å². The number of aryl methyl sites for hydroxylation is 1. The van der Waals surface area contributed by atoms with E-state index in [2.05, 4.69) is 16.0 Å². The lowest BCUT2D eigenvalue weighted by molar-refractivity contribution is -0.150. The fourth-order valence-corrected chi connectivity index (χ4v) is 5.77. The number of carbonyl (C=O) groups excluding carboxylic acids is 4. The average molecular weight is 636 g/mol. The van der Waals surface area contributed by atoms with Crippen molar-refractivity contribution in [2.45, 2.75) is 123 Å². The van der Waals surface area contributed by atoms with E-state index in [0.29, 0.717) is 12.8 Å². The van der Waals surface area contributed by atoms with Crippen LogP contribution in [0, 0.1) is 18.8 Å². The summed E-state index contributed by atoms with van der Waals surface area (Å²) in [5, 5.41) is 8.60. The molecule has 252 valence electrons. The molecule has 0 spiro atoms. The van der Waals surface area contributed by atoms with Gasteiger partial charge in [-0.25, -0.2) is 9.59 Å². The summed E-state index contributed by atoms with van der Waals surface area (Å²) in [6.07, 6.45) is 5.57. The van der Waals surface area contributed by atoms with Gasteiger partial charge in [0.15, 0.2) is 0 Å². The smallest absolute Gasteiger partial charge is 0.408 e. The van der Waals surface area contributed by atoms with Gasteiger partial charge >= 0.3 is 12.1 Å². The van der Waals surface area contributed by atoms with Crippen molar-refractivity contribution >= 4 is 23.9 Å². The van der Waals surface area contributed by atoms with Gasteiger partial charge in [0, 0.05) is 6.42 Å². The Hall–Kier alpha value is -3.88. The molecule has 1 saturated carbocycles. The summed E-state index contributed by atoms with van der Waals surface area (Å²) in [6.45, 7) is 11.3. The van der Waals surface area contributed by atoms with Crippen molar-refractivity contribution in [2.24, 2.45) is 11.8 Å². The molecular formula is C37H53N3O6. The molecule has 3 N–H and O–H groups in total. The van der Waals surface area contributed by atoms with Crippen LogP contribution in [0.1, 0.15) is 96.3 Å². The summed E-state index contributed by atoms with van der Waals surface area (Å²) in [7, 11) is 0. The van der Waals surface area contributed by atoms with Crippen LogP contribution in [0.4, 0.5) is 4.79 Å². The van der Waals surface area contributed by atoms with Crippen LogP contribution >= 0.6 is 0 Å². The first-order chi connectivity index (χ1) is 21.8. The second-order valence-electron chi connectivity index (χ2n) is 13.9. The van der Waals surface area contributed by atoms with Gasteiger partial charge in [-0.3, -0.25) is 9.59 Å². The molecule has 1 aliphatic rings. The maximum absolute atomic E-state index is 13.9. The molecule has 0 aliphatic heterocycles. The van der Waals surface area contributed by atoms with E-state index in [0.717, 1.165) is 48.8 Å². The molecule has 46 heavy (non-hydrogen) atoms. The number of rotatable bonds is 14. The Kier molecular flexibility index (Phi) is 14.1. The maximum atomic E-state index is 13.9. The highest BCUT2D eigenvalue weighted by Crippen LogP contribution is 2.27. The predicted molar refractivity (Wildman–Crippen MR) is 179 cm³/mol. The first-order valence-electron chi connectivity index (χ1n) is 16.7. The molecule has 0 bridgehead atoms. The number of hydrogen-bond donors (Lipinski definition) is 3. The topological polar surface area (TPSA) is 123 Å². The van der Waals surface area contributed by atoms with E-state index in [1.807, 2.05) is 75.4 Å². The van der Waals surface area contributed by atoms with Gasteiger partial charge in [0.1, 0.15) is 30.3 Å². The van der Waals surface area contributed by atoms with E-state index in [1.54, 1.807) is 20.8 Å². The standard InChI is InChI=1S/C37H53N3O6/c1-25(2)21-32(35(43)45-24-28-18-11-8-12-19-28)39-33(41)30(22-27-16-9-7-10-17-27)38-34(42)31(40-36(44)46-37(4,5)6)23-29-20-14-13-15-26(29)3/h8,11-15,18-20,25,27,30-32H,7,9-10,16-17,21-24H2,1-6H3,(H,38,42)(H,39,41)(H,40,44)/t30-,31-,32-/m0/s1. The van der Waals surface area contributed by atoms with Gasteiger partial charge in [-0.1, -0.05) is 101 Å². The van der Waals surface area contributed by atoms with Crippen molar-refractivity contribution in [1.82, 2.24) is 16.0 Å². The summed E-state index contributed by atoms with van der Waals surface area (Å²) in [6, 6.07) is 14.3. The van der Waals surface area contributed by atoms with Crippen LogP contribution in [-0.4, -0.2) is 47.6 Å². The number of nitrogens with one attached hydrogen (secondary N) is 3. The zero-order valence-electron chi connectivity index (χ0n) is 28.4. The Labute approximate surface area is 274 Å². The highest BCUT2D eigenvalue weighted by Gasteiger charge is 2.33. The summed E-state index contributed by atoms with van der Waals surface area (Å²) < 4.78 is 11.1. The molecule has 3 amide bonds. The molecule has 2 aromatic rings. The number of ether oxygens (including phenoxy) is 2. The van der Waals surface area contributed by atoms with Crippen molar-refractivity contribution in [3.05, 3.63) is 71.3 Å². The Morgan fingerprint density at radius 3 is 2.04 bits per heavy atom. The first-order valence-corrected chi connectivity index (χ1v) is 16.7. The molecule has 9 heteroatoms. The molecule has 2 aromatic carbocycles. The van der Waals surface area contributed by atoms with Crippen LogP contribution in [0.2, 0.25) is 0 Å². The maximum Gasteiger partial charge on any atom is 0.408 e. The molecule has 1 aliphatic carbocycles. The van der Waals surface area contributed by atoms with Crippen LogP contribution in [0.3, 0.4) is 0 Å². The number of amides is 3. The molecule has 0 unspecified atom stereocenters. The summed E-state index contributed by atoms with van der Waals surface area (Å²) in [5.41, 5.74) is 1.97. The minimum Gasteiger partial charge on any atom is -0.459 e. The predicted octanol–water partition coefficient (Wildman–Crippen LogP) is 6.16. The zero-order chi connectivity index (χ0) is 33.7. The molecule has 0 radical (unpaired) electrons. The van der Waals surface area contributed by atoms with Crippen molar-refractivity contribution in [3.8, 4) is 0 Å². The van der Waals surface area contributed by atoms with Crippen molar-refractivity contribution < 1.29 is 28.7 Å². The first kappa shape index (κ1) is 36.6. The summed E-state index contributed by atoms with van der Waals surface area (Å²) in [4.78, 5) is 53.9. The van der Waals surface area contributed by atoms with Crippen LogP contribution < -0.4 is 16.0 Å². The number of esters is 1. The SMILES string of the molecule is Cc1ccccc1C[C@H](NC(=O)OC(C)(C)C)C(=O)N[C@@H](CC1CCCCC1)C(=O)N[C@@H](CC(C)C)C(=O)OCc1ccccc1. The van der Waals surface area contributed by atoms with E-state index in [9.17, 15) is 19.2 Å². The third-order valence-electron chi connectivity index (χ3n) is 8.15. The molecule has 3 rings (SSSR count). The molecule has 0 aromatic heterocycles. The lowest BCUT2D eigenvalue weighted by Gasteiger charge is -2.30. The Morgan fingerprint density at radius 1 is 0.804 bits per heavy atom. The van der Waals surface area contributed by atoms with E-state index >= 15 is 0 Å². The Bertz CT molecular complexity index is 1280. The van der Waals surface area contributed by atoms with Gasteiger partial charge in [-0.05, 0) is 69.1 Å². The monoisotopic (exact) mass is 635 g/mol. The highest BCUT2D eigenvalue weighted by molar-refractivity contribution is 5.93. The number of benzene rings is 2. The van der Waals surface area contributed by atoms with Gasteiger partial charge in [0.25, 0.3) is 0 Å².